The van der Waals surface area contributed by atoms with Crippen LogP contribution in [0.1, 0.15) is 41.8 Å². The van der Waals surface area contributed by atoms with Crippen molar-refractivity contribution in [3.05, 3.63) is 56.7 Å². The molecular weight excluding hydrogens is 274 g/mol. The Kier molecular flexibility index (Phi) is 5.44. The van der Waals surface area contributed by atoms with Gasteiger partial charge in [-0.3, -0.25) is 0 Å². The Labute approximate surface area is 124 Å². The molecule has 1 unspecified atom stereocenters. The summed E-state index contributed by atoms with van der Waals surface area (Å²) in [5.74, 6) is 0. The molecule has 19 heavy (non-hydrogen) atoms. The zero-order chi connectivity index (χ0) is 13.7. The van der Waals surface area contributed by atoms with Crippen molar-refractivity contribution in [3.8, 4) is 0 Å². The van der Waals surface area contributed by atoms with Gasteiger partial charge in [0.15, 0.2) is 0 Å². The van der Waals surface area contributed by atoms with E-state index in [9.17, 15) is 0 Å². The van der Waals surface area contributed by atoms with Crippen LogP contribution in [-0.2, 0) is 6.54 Å². The van der Waals surface area contributed by atoms with Gasteiger partial charge in [-0.2, -0.15) is 0 Å². The van der Waals surface area contributed by atoms with Crippen LogP contribution in [0.4, 0.5) is 0 Å². The Morgan fingerprint density at radius 1 is 1.21 bits per heavy atom. The zero-order valence-corrected chi connectivity index (χ0v) is 13.0. The summed E-state index contributed by atoms with van der Waals surface area (Å²) >= 11 is 7.78. The highest BCUT2D eigenvalue weighted by atomic mass is 35.5. The van der Waals surface area contributed by atoms with Crippen molar-refractivity contribution in [2.75, 3.05) is 0 Å². The largest absolute Gasteiger partial charge is 0.305 e. The van der Waals surface area contributed by atoms with E-state index in [2.05, 4.69) is 42.7 Å². The molecule has 1 aromatic carbocycles. The molecule has 0 aliphatic carbocycles. The summed E-state index contributed by atoms with van der Waals surface area (Å²) in [7, 11) is 0. The van der Waals surface area contributed by atoms with E-state index in [4.69, 9.17) is 11.6 Å². The van der Waals surface area contributed by atoms with Crippen molar-refractivity contribution in [2.24, 2.45) is 0 Å². The topological polar surface area (TPSA) is 12.0 Å². The van der Waals surface area contributed by atoms with Gasteiger partial charge in [-0.05, 0) is 48.1 Å². The van der Waals surface area contributed by atoms with E-state index in [0.29, 0.717) is 6.04 Å². The van der Waals surface area contributed by atoms with Crippen LogP contribution >= 0.6 is 22.9 Å². The summed E-state index contributed by atoms with van der Waals surface area (Å²) in [6.45, 7) is 5.34. The smallest absolute Gasteiger partial charge is 0.0406 e. The third-order valence-corrected chi connectivity index (χ3v) is 4.60. The maximum atomic E-state index is 5.95. The van der Waals surface area contributed by atoms with E-state index in [0.717, 1.165) is 18.0 Å². The monoisotopic (exact) mass is 293 g/mol. The van der Waals surface area contributed by atoms with E-state index >= 15 is 0 Å². The van der Waals surface area contributed by atoms with Crippen LogP contribution in [0.5, 0.6) is 0 Å². The predicted octanol–water partition coefficient (Wildman–Crippen LogP) is 5.34. The van der Waals surface area contributed by atoms with E-state index in [1.165, 1.54) is 22.4 Å². The summed E-state index contributed by atoms with van der Waals surface area (Å²) in [5.41, 5.74) is 2.70. The van der Waals surface area contributed by atoms with Gasteiger partial charge in [-0.1, -0.05) is 37.1 Å². The van der Waals surface area contributed by atoms with Gasteiger partial charge in [0, 0.05) is 22.5 Å². The van der Waals surface area contributed by atoms with Crippen molar-refractivity contribution in [1.82, 2.24) is 5.32 Å². The molecule has 2 aromatic rings. The molecule has 1 atom stereocenters. The quantitative estimate of drug-likeness (QED) is 0.758. The molecule has 102 valence electrons. The third-order valence-electron chi connectivity index (χ3n) is 3.33. The first kappa shape index (κ1) is 14.6. The first-order chi connectivity index (χ1) is 9.20. The summed E-state index contributed by atoms with van der Waals surface area (Å²) in [6, 6.07) is 10.8. The average Bonchev–Trinajstić information content (AvgIpc) is 2.81. The van der Waals surface area contributed by atoms with Crippen molar-refractivity contribution < 1.29 is 0 Å². The summed E-state index contributed by atoms with van der Waals surface area (Å²) < 4.78 is 0. The molecule has 0 radical (unpaired) electrons. The first-order valence-electron chi connectivity index (χ1n) is 6.72. The van der Waals surface area contributed by atoms with Crippen molar-refractivity contribution >= 4 is 22.9 Å². The number of aryl methyl sites for hydroxylation is 1. The molecule has 1 aromatic heterocycles. The highest BCUT2D eigenvalue weighted by Gasteiger charge is 2.11. The first-order valence-corrected chi connectivity index (χ1v) is 7.98. The van der Waals surface area contributed by atoms with Crippen LogP contribution in [0.15, 0.2) is 35.7 Å². The number of hydrogen-bond donors (Lipinski definition) is 1. The molecule has 0 bridgehead atoms. The molecule has 0 spiro atoms. The average molecular weight is 294 g/mol. The lowest BCUT2D eigenvalue weighted by Gasteiger charge is -2.18. The fourth-order valence-corrected chi connectivity index (χ4v) is 3.15. The van der Waals surface area contributed by atoms with Gasteiger partial charge in [-0.25, -0.2) is 0 Å². The summed E-state index contributed by atoms with van der Waals surface area (Å²) in [5, 5.41) is 6.62. The SMILES string of the molecule is CCCC(NCc1sccc1C)c1ccc(Cl)cc1. The Bertz CT molecular complexity index is 504. The molecule has 0 aliphatic rings. The number of rotatable bonds is 6. The standard InChI is InChI=1S/C16H20ClNS/c1-3-4-15(13-5-7-14(17)8-6-13)18-11-16-12(2)9-10-19-16/h5-10,15,18H,3-4,11H2,1-2H3. The maximum Gasteiger partial charge on any atom is 0.0406 e. The fourth-order valence-electron chi connectivity index (χ4n) is 2.17. The predicted molar refractivity (Wildman–Crippen MR) is 85.0 cm³/mol. The Morgan fingerprint density at radius 2 is 1.95 bits per heavy atom. The molecule has 1 heterocycles. The lowest BCUT2D eigenvalue weighted by Crippen LogP contribution is -2.20. The zero-order valence-electron chi connectivity index (χ0n) is 11.4. The van der Waals surface area contributed by atoms with Crippen molar-refractivity contribution in [3.63, 3.8) is 0 Å². The molecule has 1 nitrogen and oxygen atoms in total. The maximum absolute atomic E-state index is 5.95. The van der Waals surface area contributed by atoms with Gasteiger partial charge < -0.3 is 5.32 Å². The molecule has 0 aliphatic heterocycles. The second-order valence-electron chi connectivity index (χ2n) is 4.80. The molecule has 0 amide bonds. The van der Waals surface area contributed by atoms with Crippen LogP contribution in [0.2, 0.25) is 5.02 Å². The highest BCUT2D eigenvalue weighted by Crippen LogP contribution is 2.22. The van der Waals surface area contributed by atoms with Crippen molar-refractivity contribution in [1.29, 1.82) is 0 Å². The van der Waals surface area contributed by atoms with Crippen LogP contribution in [-0.4, -0.2) is 0 Å². The second-order valence-corrected chi connectivity index (χ2v) is 6.24. The normalized spacial score (nSPS) is 12.6. The van der Waals surface area contributed by atoms with Gasteiger partial charge >= 0.3 is 0 Å². The molecule has 0 saturated carbocycles. The molecule has 2 rings (SSSR count). The van der Waals surface area contributed by atoms with Crippen LogP contribution in [0, 0.1) is 6.92 Å². The fraction of sp³-hybridized carbons (Fsp3) is 0.375. The van der Waals surface area contributed by atoms with Crippen LogP contribution in [0.3, 0.4) is 0 Å². The molecule has 3 heteroatoms. The lowest BCUT2D eigenvalue weighted by molar-refractivity contribution is 0.495. The minimum Gasteiger partial charge on any atom is -0.305 e. The number of nitrogens with one attached hydrogen (secondary N) is 1. The number of thiophene rings is 1. The van der Waals surface area contributed by atoms with E-state index < -0.39 is 0 Å². The van der Waals surface area contributed by atoms with Crippen LogP contribution in [0.25, 0.3) is 0 Å². The van der Waals surface area contributed by atoms with Gasteiger partial charge in [0.2, 0.25) is 0 Å². The van der Waals surface area contributed by atoms with E-state index in [-0.39, 0.29) is 0 Å². The number of halogens is 1. The second kappa shape index (κ2) is 7.09. The van der Waals surface area contributed by atoms with Gasteiger partial charge in [0.05, 0.1) is 0 Å². The number of benzene rings is 1. The van der Waals surface area contributed by atoms with Gasteiger partial charge in [0.25, 0.3) is 0 Å². The van der Waals surface area contributed by atoms with Crippen molar-refractivity contribution in [2.45, 2.75) is 39.3 Å². The highest BCUT2D eigenvalue weighted by molar-refractivity contribution is 7.10. The Balaban J connectivity index is 2.04. The minimum atomic E-state index is 0.406. The third kappa shape index (κ3) is 4.07. The summed E-state index contributed by atoms with van der Waals surface area (Å²) in [4.78, 5) is 1.43. The molecule has 0 saturated heterocycles. The summed E-state index contributed by atoms with van der Waals surface area (Å²) in [6.07, 6.45) is 2.32. The molecule has 1 N–H and O–H groups in total. The number of hydrogen-bond acceptors (Lipinski definition) is 2. The van der Waals surface area contributed by atoms with Gasteiger partial charge in [-0.15, -0.1) is 11.3 Å². The Hall–Kier alpha value is -0.830. The molecule has 0 fully saturated rings. The van der Waals surface area contributed by atoms with Crippen LogP contribution < -0.4 is 5.32 Å². The van der Waals surface area contributed by atoms with Gasteiger partial charge in [0.1, 0.15) is 0 Å². The lowest BCUT2D eigenvalue weighted by atomic mass is 10.0. The minimum absolute atomic E-state index is 0.406. The van der Waals surface area contributed by atoms with E-state index in [1.54, 1.807) is 0 Å². The molecular formula is C16H20ClNS. The van der Waals surface area contributed by atoms with E-state index in [1.807, 2.05) is 23.5 Å². The Morgan fingerprint density at radius 3 is 2.53 bits per heavy atom.